The summed E-state index contributed by atoms with van der Waals surface area (Å²) in [5.41, 5.74) is 1.53. The molecule has 3 heterocycles. The second-order valence-electron chi connectivity index (χ2n) is 7.91. The molecular weight excluding hydrogens is 394 g/mol. The highest BCUT2D eigenvalue weighted by Crippen LogP contribution is 2.26. The smallest absolute Gasteiger partial charge is 0.281 e. The van der Waals surface area contributed by atoms with Gasteiger partial charge in [0.25, 0.3) is 11.9 Å². The maximum absolute atomic E-state index is 13.1. The Balaban J connectivity index is 1.71. The number of nitrogens with one attached hydrogen (secondary N) is 1. The van der Waals surface area contributed by atoms with Gasteiger partial charge in [-0.25, -0.2) is 14.6 Å². The zero-order chi connectivity index (χ0) is 22.0. The molecule has 0 saturated carbocycles. The van der Waals surface area contributed by atoms with E-state index in [1.807, 2.05) is 57.2 Å². The van der Waals surface area contributed by atoms with E-state index in [1.54, 1.807) is 29.3 Å². The second kappa shape index (κ2) is 8.02. The van der Waals surface area contributed by atoms with E-state index in [-0.39, 0.29) is 11.1 Å². The Kier molecular flexibility index (Phi) is 5.24. The molecule has 3 aromatic heterocycles. The minimum absolute atomic E-state index is 0.158. The molecule has 9 heteroatoms. The van der Waals surface area contributed by atoms with Gasteiger partial charge >= 0.3 is 0 Å². The van der Waals surface area contributed by atoms with Gasteiger partial charge in [-0.3, -0.25) is 4.79 Å². The molecule has 0 saturated heterocycles. The Bertz CT molecular complexity index is 1190. The van der Waals surface area contributed by atoms with E-state index in [1.165, 1.54) is 11.8 Å². The van der Waals surface area contributed by atoms with E-state index in [9.17, 15) is 4.79 Å². The third kappa shape index (κ3) is 4.16. The Labute approximate surface area is 179 Å². The molecule has 0 atom stereocenters. The number of hydrogen-bond donors (Lipinski definition) is 1. The van der Waals surface area contributed by atoms with Crippen LogP contribution in [0, 0.1) is 0 Å². The van der Waals surface area contributed by atoms with Crippen molar-refractivity contribution in [3.8, 4) is 17.4 Å². The van der Waals surface area contributed by atoms with E-state index >= 15 is 0 Å². The summed E-state index contributed by atoms with van der Waals surface area (Å²) in [6.07, 6.45) is 4.91. The summed E-state index contributed by atoms with van der Waals surface area (Å²) >= 11 is 0. The number of hydrogen-bond acceptors (Lipinski definition) is 6. The number of amides is 1. The van der Waals surface area contributed by atoms with Crippen LogP contribution in [0.3, 0.4) is 0 Å². The van der Waals surface area contributed by atoms with E-state index in [0.717, 1.165) is 11.4 Å². The lowest BCUT2D eigenvalue weighted by Gasteiger charge is -2.13. The van der Waals surface area contributed by atoms with E-state index in [4.69, 9.17) is 4.74 Å². The van der Waals surface area contributed by atoms with Crippen LogP contribution < -0.4 is 10.1 Å². The third-order valence-corrected chi connectivity index (χ3v) is 4.60. The number of para-hydroxylation sites is 1. The fourth-order valence-corrected chi connectivity index (χ4v) is 2.94. The number of rotatable bonds is 5. The van der Waals surface area contributed by atoms with Crippen LogP contribution in [0.1, 0.15) is 37.0 Å². The second-order valence-corrected chi connectivity index (χ2v) is 7.91. The molecule has 1 N–H and O–H groups in total. The first-order valence-corrected chi connectivity index (χ1v) is 9.75. The lowest BCUT2D eigenvalue weighted by molar-refractivity contribution is 0.101. The summed E-state index contributed by atoms with van der Waals surface area (Å²) < 4.78 is 8.51. The predicted octanol–water partition coefficient (Wildman–Crippen LogP) is 3.41. The first-order chi connectivity index (χ1) is 14.9. The molecule has 0 aliphatic rings. The van der Waals surface area contributed by atoms with Crippen molar-refractivity contribution in [2.75, 3.05) is 12.4 Å². The Hall–Kier alpha value is -4.01. The summed E-state index contributed by atoms with van der Waals surface area (Å²) in [6.45, 7) is 6.13. The molecule has 1 aromatic carbocycles. The van der Waals surface area contributed by atoms with Gasteiger partial charge in [0.1, 0.15) is 5.82 Å². The van der Waals surface area contributed by atoms with Crippen LogP contribution >= 0.6 is 0 Å². The van der Waals surface area contributed by atoms with Crippen molar-refractivity contribution in [1.29, 1.82) is 0 Å². The monoisotopic (exact) mass is 417 g/mol. The normalized spacial score (nSPS) is 11.4. The summed E-state index contributed by atoms with van der Waals surface area (Å²) in [7, 11) is 1.50. The van der Waals surface area contributed by atoms with E-state index < -0.39 is 5.91 Å². The highest BCUT2D eigenvalue weighted by Gasteiger charge is 2.25. The van der Waals surface area contributed by atoms with E-state index in [0.29, 0.717) is 17.5 Å². The van der Waals surface area contributed by atoms with Crippen LogP contribution in [0.2, 0.25) is 0 Å². The largest absolute Gasteiger partial charge is 0.493 e. The standard InChI is InChI=1S/C22H23N7O2/c1-22(2,3)17-13-18(29(26-17)21-23-11-8-12-24-21)25-20(30)19-16(31-4)14-28(27-19)15-9-6-5-7-10-15/h5-14H,1-4H3,(H,25,30). The molecule has 0 aliphatic heterocycles. The number of anilines is 1. The van der Waals surface area contributed by atoms with Gasteiger partial charge in [-0.2, -0.15) is 14.9 Å². The first-order valence-electron chi connectivity index (χ1n) is 9.75. The van der Waals surface area contributed by atoms with Crippen molar-refractivity contribution in [1.82, 2.24) is 29.5 Å². The van der Waals surface area contributed by atoms with Gasteiger partial charge in [0.05, 0.1) is 24.7 Å². The minimum Gasteiger partial charge on any atom is -0.493 e. The molecular formula is C22H23N7O2. The Morgan fingerprint density at radius 1 is 1.03 bits per heavy atom. The van der Waals surface area contributed by atoms with Crippen LogP contribution in [0.5, 0.6) is 5.75 Å². The number of carbonyl (C=O) groups excluding carboxylic acids is 1. The van der Waals surface area contributed by atoms with Gasteiger partial charge in [-0.1, -0.05) is 39.0 Å². The highest BCUT2D eigenvalue weighted by atomic mass is 16.5. The predicted molar refractivity (Wildman–Crippen MR) is 116 cm³/mol. The summed E-state index contributed by atoms with van der Waals surface area (Å²) in [5.74, 6) is 0.732. The number of methoxy groups -OCH3 is 1. The van der Waals surface area contributed by atoms with Crippen molar-refractivity contribution in [3.05, 3.63) is 72.4 Å². The number of carbonyl (C=O) groups is 1. The van der Waals surface area contributed by atoms with Crippen LogP contribution in [-0.4, -0.2) is 42.5 Å². The SMILES string of the molecule is COc1cn(-c2ccccc2)nc1C(=O)Nc1cc(C(C)(C)C)nn1-c1ncccn1. The molecule has 0 unspecified atom stereocenters. The van der Waals surface area contributed by atoms with Crippen molar-refractivity contribution in [3.63, 3.8) is 0 Å². The fourth-order valence-electron chi connectivity index (χ4n) is 2.94. The zero-order valence-electron chi connectivity index (χ0n) is 17.8. The first kappa shape index (κ1) is 20.3. The van der Waals surface area contributed by atoms with Gasteiger partial charge in [0, 0.05) is 23.9 Å². The van der Waals surface area contributed by atoms with Crippen molar-refractivity contribution < 1.29 is 9.53 Å². The average Bonchev–Trinajstić information content (AvgIpc) is 3.39. The molecule has 0 fully saturated rings. The molecule has 158 valence electrons. The number of benzene rings is 1. The summed E-state index contributed by atoms with van der Waals surface area (Å²) in [4.78, 5) is 21.6. The van der Waals surface area contributed by atoms with Gasteiger partial charge in [-0.15, -0.1) is 0 Å². The zero-order valence-corrected chi connectivity index (χ0v) is 17.8. The minimum atomic E-state index is -0.427. The van der Waals surface area contributed by atoms with Crippen LogP contribution in [0.15, 0.2) is 61.1 Å². The van der Waals surface area contributed by atoms with Crippen LogP contribution in [-0.2, 0) is 5.41 Å². The Morgan fingerprint density at radius 3 is 2.39 bits per heavy atom. The van der Waals surface area contributed by atoms with Gasteiger partial charge in [0.2, 0.25) is 0 Å². The topological polar surface area (TPSA) is 99.8 Å². The van der Waals surface area contributed by atoms with Crippen molar-refractivity contribution >= 4 is 11.7 Å². The summed E-state index contributed by atoms with van der Waals surface area (Å²) in [5, 5.41) is 11.9. The fraction of sp³-hybridized carbons (Fsp3) is 0.227. The van der Waals surface area contributed by atoms with Crippen molar-refractivity contribution in [2.24, 2.45) is 0 Å². The maximum atomic E-state index is 13.1. The van der Waals surface area contributed by atoms with Crippen LogP contribution in [0.4, 0.5) is 5.82 Å². The molecule has 0 spiro atoms. The highest BCUT2D eigenvalue weighted by molar-refractivity contribution is 6.04. The number of ether oxygens (including phenoxy) is 1. The van der Waals surface area contributed by atoms with Crippen LogP contribution in [0.25, 0.3) is 11.6 Å². The Morgan fingerprint density at radius 2 is 1.74 bits per heavy atom. The van der Waals surface area contributed by atoms with Gasteiger partial charge in [0.15, 0.2) is 11.4 Å². The number of nitrogens with zero attached hydrogens (tertiary/aromatic N) is 6. The lowest BCUT2D eigenvalue weighted by atomic mass is 9.92. The molecule has 0 aliphatic carbocycles. The quantitative estimate of drug-likeness (QED) is 0.534. The molecule has 4 rings (SSSR count). The third-order valence-electron chi connectivity index (χ3n) is 4.60. The van der Waals surface area contributed by atoms with Crippen molar-refractivity contribution in [2.45, 2.75) is 26.2 Å². The van der Waals surface area contributed by atoms with Gasteiger partial charge in [-0.05, 0) is 18.2 Å². The lowest BCUT2D eigenvalue weighted by Crippen LogP contribution is -2.17. The van der Waals surface area contributed by atoms with Gasteiger partial charge < -0.3 is 10.1 Å². The number of aromatic nitrogens is 6. The molecule has 0 radical (unpaired) electrons. The molecule has 0 bridgehead atoms. The average molecular weight is 417 g/mol. The molecule has 1 amide bonds. The molecule has 4 aromatic rings. The molecule has 31 heavy (non-hydrogen) atoms. The summed E-state index contributed by atoms with van der Waals surface area (Å²) in [6, 6.07) is 13.0. The van der Waals surface area contributed by atoms with E-state index in [2.05, 4.69) is 25.5 Å². The molecule has 9 nitrogen and oxygen atoms in total. The maximum Gasteiger partial charge on any atom is 0.281 e.